The molecule has 2 aromatic rings. The van der Waals surface area contributed by atoms with Crippen LogP contribution in [-0.4, -0.2) is 66.9 Å². The lowest BCUT2D eigenvalue weighted by Crippen LogP contribution is -2.42. The zero-order valence-electron chi connectivity index (χ0n) is 18.2. The number of amides is 1. The van der Waals surface area contributed by atoms with E-state index in [9.17, 15) is 22.0 Å². The van der Waals surface area contributed by atoms with Gasteiger partial charge in [-0.15, -0.1) is 0 Å². The highest BCUT2D eigenvalue weighted by Crippen LogP contribution is 2.18. The van der Waals surface area contributed by atoms with E-state index in [1.165, 1.54) is 5.56 Å². The van der Waals surface area contributed by atoms with Crippen LogP contribution in [0.5, 0.6) is 0 Å². The van der Waals surface area contributed by atoms with Crippen molar-refractivity contribution in [3.8, 4) is 0 Å². The number of sulfone groups is 1. The molecule has 0 bridgehead atoms. The summed E-state index contributed by atoms with van der Waals surface area (Å²) < 4.78 is 53.3. The number of halogens is 2. The van der Waals surface area contributed by atoms with E-state index in [1.807, 2.05) is 18.2 Å². The molecule has 2 heterocycles. The largest absolute Gasteiger partial charge is 0.446 e. The van der Waals surface area contributed by atoms with Crippen molar-refractivity contribution >= 4 is 21.9 Å². The molecule has 1 amide bonds. The molecule has 1 aromatic heterocycles. The number of rotatable bonds is 9. The lowest BCUT2D eigenvalue weighted by Gasteiger charge is -2.31. The van der Waals surface area contributed by atoms with Gasteiger partial charge in [0.05, 0.1) is 12.4 Å². The number of nitrogens with zero attached hydrogens (tertiary/aromatic N) is 3. The Morgan fingerprint density at radius 1 is 1.18 bits per heavy atom. The number of ether oxygens (including phenoxy) is 1. The summed E-state index contributed by atoms with van der Waals surface area (Å²) >= 11 is 0. The van der Waals surface area contributed by atoms with E-state index in [4.69, 9.17) is 4.74 Å². The van der Waals surface area contributed by atoms with Crippen molar-refractivity contribution in [1.82, 2.24) is 20.2 Å². The first kappa shape index (κ1) is 24.8. The highest BCUT2D eigenvalue weighted by molar-refractivity contribution is 7.91. The van der Waals surface area contributed by atoms with Gasteiger partial charge in [-0.1, -0.05) is 30.3 Å². The van der Waals surface area contributed by atoms with Crippen LogP contribution in [0.1, 0.15) is 25.3 Å². The van der Waals surface area contributed by atoms with Gasteiger partial charge < -0.3 is 15.4 Å². The highest BCUT2D eigenvalue weighted by atomic mass is 32.2. The van der Waals surface area contributed by atoms with Crippen molar-refractivity contribution in [2.24, 2.45) is 0 Å². The number of hydrogen-bond acceptors (Lipinski definition) is 8. The SMILES string of the molecule is C[C@H](CNc1ncc(S(=O)(=O)C(F)F)cn1)NC(=O)OC1CCN(Cc2ccccc2)CC1. The number of alkyl carbamates (subject to hydrolysis) is 1. The van der Waals surface area contributed by atoms with Gasteiger partial charge in [-0.3, -0.25) is 4.90 Å². The third-order valence-corrected chi connectivity index (χ3v) is 6.52. The first-order chi connectivity index (χ1) is 15.7. The van der Waals surface area contributed by atoms with Gasteiger partial charge in [-0.25, -0.2) is 23.2 Å². The van der Waals surface area contributed by atoms with Gasteiger partial charge in [-0.2, -0.15) is 8.78 Å². The molecule has 9 nitrogen and oxygen atoms in total. The van der Waals surface area contributed by atoms with Crippen molar-refractivity contribution < 1.29 is 26.7 Å². The summed E-state index contributed by atoms with van der Waals surface area (Å²) in [7, 11) is -4.74. The Balaban J connectivity index is 1.36. The van der Waals surface area contributed by atoms with Crippen LogP contribution in [0.15, 0.2) is 47.6 Å². The fourth-order valence-electron chi connectivity index (χ4n) is 3.37. The molecular weight excluding hydrogens is 456 g/mol. The molecule has 1 aliphatic heterocycles. The second kappa shape index (κ2) is 11.3. The molecule has 1 saturated heterocycles. The van der Waals surface area contributed by atoms with Gasteiger partial charge in [0.25, 0.3) is 0 Å². The van der Waals surface area contributed by atoms with E-state index in [0.29, 0.717) is 0 Å². The number of alkyl halides is 2. The number of carbonyl (C=O) groups excluding carboxylic acids is 1. The molecule has 0 saturated carbocycles. The van der Waals surface area contributed by atoms with Crippen LogP contribution in [0.2, 0.25) is 0 Å². The Hall–Kier alpha value is -2.86. The zero-order valence-corrected chi connectivity index (χ0v) is 19.0. The number of piperidine rings is 1. The second-order valence-electron chi connectivity index (χ2n) is 7.84. The topological polar surface area (TPSA) is 114 Å². The average molecular weight is 484 g/mol. The first-order valence-corrected chi connectivity index (χ1v) is 12.1. The first-order valence-electron chi connectivity index (χ1n) is 10.6. The molecule has 0 unspecified atom stereocenters. The van der Waals surface area contributed by atoms with Crippen LogP contribution in [0.3, 0.4) is 0 Å². The normalized spacial score (nSPS) is 16.4. The molecule has 2 N–H and O–H groups in total. The molecule has 3 rings (SSSR count). The van der Waals surface area contributed by atoms with Gasteiger partial charge in [0.15, 0.2) is 0 Å². The van der Waals surface area contributed by atoms with Crippen LogP contribution in [-0.2, 0) is 21.1 Å². The number of carbonyl (C=O) groups is 1. The summed E-state index contributed by atoms with van der Waals surface area (Å²) in [6, 6.07) is 9.87. The average Bonchev–Trinajstić information content (AvgIpc) is 2.80. The summed E-state index contributed by atoms with van der Waals surface area (Å²) in [5.41, 5.74) is 1.25. The quantitative estimate of drug-likeness (QED) is 0.560. The van der Waals surface area contributed by atoms with Crippen LogP contribution < -0.4 is 10.6 Å². The van der Waals surface area contributed by atoms with E-state index < -0.39 is 26.6 Å². The predicted molar refractivity (Wildman–Crippen MR) is 118 cm³/mol. The molecule has 1 aromatic carbocycles. The number of likely N-dealkylation sites (tertiary alicyclic amines) is 1. The maximum atomic E-state index is 12.5. The summed E-state index contributed by atoms with van der Waals surface area (Å²) in [5.74, 6) is -3.48. The minimum absolute atomic E-state index is 0.0519. The third-order valence-electron chi connectivity index (χ3n) is 5.18. The maximum absolute atomic E-state index is 12.5. The predicted octanol–water partition coefficient (Wildman–Crippen LogP) is 2.66. The molecule has 1 atom stereocenters. The monoisotopic (exact) mass is 483 g/mol. The van der Waals surface area contributed by atoms with Crippen molar-refractivity contribution in [2.75, 3.05) is 25.0 Å². The fraction of sp³-hybridized carbons (Fsp3) is 0.476. The van der Waals surface area contributed by atoms with Crippen molar-refractivity contribution in [3.05, 3.63) is 48.3 Å². The van der Waals surface area contributed by atoms with E-state index in [-0.39, 0.29) is 24.6 Å². The highest BCUT2D eigenvalue weighted by Gasteiger charge is 2.27. The van der Waals surface area contributed by atoms with E-state index in [0.717, 1.165) is 44.9 Å². The van der Waals surface area contributed by atoms with Gasteiger partial charge >= 0.3 is 11.9 Å². The molecular formula is C21H27F2N5O4S. The van der Waals surface area contributed by atoms with Crippen LogP contribution >= 0.6 is 0 Å². The summed E-state index contributed by atoms with van der Waals surface area (Å²) in [5, 5.41) is 5.52. The Morgan fingerprint density at radius 3 is 2.42 bits per heavy atom. The molecule has 1 fully saturated rings. The molecule has 1 aliphatic rings. The smallest absolute Gasteiger partial charge is 0.407 e. The van der Waals surface area contributed by atoms with Gasteiger partial charge in [0.2, 0.25) is 15.8 Å². The molecule has 180 valence electrons. The Labute approximate surface area is 191 Å². The third kappa shape index (κ3) is 7.32. The summed E-state index contributed by atoms with van der Waals surface area (Å²) in [6.07, 6.45) is 2.47. The number of hydrogen-bond donors (Lipinski definition) is 2. The second-order valence-corrected chi connectivity index (χ2v) is 9.76. The maximum Gasteiger partial charge on any atom is 0.407 e. The summed E-state index contributed by atoms with van der Waals surface area (Å²) in [6.45, 7) is 4.54. The number of anilines is 1. The van der Waals surface area contributed by atoms with Crippen molar-refractivity contribution in [2.45, 2.75) is 49.1 Å². The Bertz CT molecular complexity index is 1000. The van der Waals surface area contributed by atoms with Crippen LogP contribution in [0, 0.1) is 0 Å². The van der Waals surface area contributed by atoms with E-state index >= 15 is 0 Å². The minimum Gasteiger partial charge on any atom is -0.446 e. The van der Waals surface area contributed by atoms with E-state index in [2.05, 4.69) is 37.6 Å². The van der Waals surface area contributed by atoms with Gasteiger partial charge in [-0.05, 0) is 25.3 Å². The standard InChI is InChI=1S/C21H27F2N5O4S/c1-15(11-24-20-25-12-18(13-26-20)33(30,31)19(22)23)27-21(29)32-17-7-9-28(10-8-17)14-16-5-3-2-4-6-16/h2-6,12-13,15,17,19H,7-11,14H2,1H3,(H,27,29)(H,24,25,26)/t15-/m1/s1. The van der Waals surface area contributed by atoms with Gasteiger partial charge in [0.1, 0.15) is 11.0 Å². The van der Waals surface area contributed by atoms with Gasteiger partial charge in [0, 0.05) is 32.2 Å². The van der Waals surface area contributed by atoms with Crippen molar-refractivity contribution in [3.63, 3.8) is 0 Å². The molecule has 0 radical (unpaired) electrons. The molecule has 0 spiro atoms. The fourth-order valence-corrected chi connectivity index (χ4v) is 3.97. The zero-order chi connectivity index (χ0) is 23.8. The van der Waals surface area contributed by atoms with E-state index in [1.54, 1.807) is 6.92 Å². The Morgan fingerprint density at radius 2 is 1.82 bits per heavy atom. The molecule has 12 heteroatoms. The van der Waals surface area contributed by atoms with Crippen molar-refractivity contribution in [1.29, 1.82) is 0 Å². The molecule has 33 heavy (non-hydrogen) atoms. The summed E-state index contributed by atoms with van der Waals surface area (Å²) in [4.78, 5) is 21.3. The van der Waals surface area contributed by atoms with Crippen LogP contribution in [0.4, 0.5) is 19.5 Å². The number of nitrogens with one attached hydrogen (secondary N) is 2. The Kier molecular flexibility index (Phi) is 8.50. The minimum atomic E-state index is -4.74. The number of benzene rings is 1. The van der Waals surface area contributed by atoms with Crippen LogP contribution in [0.25, 0.3) is 0 Å². The lowest BCUT2D eigenvalue weighted by molar-refractivity contribution is 0.0475. The molecule has 0 aliphatic carbocycles. The number of aromatic nitrogens is 2. The lowest BCUT2D eigenvalue weighted by atomic mass is 10.1.